The monoisotopic (exact) mass is 422 g/mol. The molecule has 0 amide bonds. The molecule has 0 aromatic heterocycles. The highest BCUT2D eigenvalue weighted by atomic mass is 16.5. The van der Waals surface area contributed by atoms with Crippen LogP contribution in [0.1, 0.15) is 61.6 Å². The van der Waals surface area contributed by atoms with Crippen molar-refractivity contribution in [2.45, 2.75) is 58.3 Å². The molecule has 0 saturated heterocycles. The summed E-state index contributed by atoms with van der Waals surface area (Å²) in [5.41, 5.74) is 6.39. The molecule has 0 aliphatic heterocycles. The Hall–Kier alpha value is -2.59. The number of aliphatic hydroxyl groups excluding tert-OH is 1. The summed E-state index contributed by atoms with van der Waals surface area (Å²) >= 11 is 0. The Kier molecular flexibility index (Phi) is 8.30. The van der Waals surface area contributed by atoms with Crippen LogP contribution in [-0.4, -0.2) is 30.9 Å². The topological polar surface area (TPSA) is 55.8 Å². The van der Waals surface area contributed by atoms with Gasteiger partial charge in [0.25, 0.3) is 0 Å². The highest BCUT2D eigenvalue weighted by molar-refractivity contribution is 5.86. The number of hydrogen-bond acceptors (Lipinski definition) is 4. The Morgan fingerprint density at radius 3 is 2.55 bits per heavy atom. The van der Waals surface area contributed by atoms with E-state index in [1.54, 1.807) is 6.92 Å². The summed E-state index contributed by atoms with van der Waals surface area (Å²) in [7, 11) is 0. The van der Waals surface area contributed by atoms with Gasteiger partial charge in [0.1, 0.15) is 12.4 Å². The summed E-state index contributed by atoms with van der Waals surface area (Å²) in [4.78, 5) is 11.7. The molecule has 2 aromatic rings. The molecule has 0 spiro atoms. The Bertz CT molecular complexity index is 909. The van der Waals surface area contributed by atoms with Crippen molar-refractivity contribution in [1.82, 2.24) is 0 Å². The second kappa shape index (κ2) is 11.1. The lowest BCUT2D eigenvalue weighted by Gasteiger charge is -2.23. The number of carbonyl (C=O) groups excluding carboxylic acids is 1. The molecule has 0 bridgehead atoms. The van der Waals surface area contributed by atoms with E-state index in [1.165, 1.54) is 48.8 Å². The average Bonchev–Trinajstić information content (AvgIpc) is 2.78. The number of aryl methyl sites for hydroxylation is 1. The number of rotatable bonds is 9. The van der Waals surface area contributed by atoms with E-state index >= 15 is 0 Å². The van der Waals surface area contributed by atoms with Crippen LogP contribution in [0.25, 0.3) is 11.1 Å². The Morgan fingerprint density at radius 1 is 1.10 bits per heavy atom. The van der Waals surface area contributed by atoms with E-state index in [9.17, 15) is 4.79 Å². The zero-order chi connectivity index (χ0) is 22.2. The van der Waals surface area contributed by atoms with Crippen LogP contribution in [0.15, 0.2) is 48.6 Å². The van der Waals surface area contributed by atoms with E-state index in [0.717, 1.165) is 11.1 Å². The first kappa shape index (κ1) is 23.1. The molecule has 2 aromatic carbocycles. The van der Waals surface area contributed by atoms with Crippen molar-refractivity contribution >= 4 is 5.97 Å². The first-order chi connectivity index (χ1) is 15.0. The van der Waals surface area contributed by atoms with E-state index in [2.05, 4.69) is 43.8 Å². The molecule has 4 heteroatoms. The number of ether oxygens (including phenoxy) is 2. The van der Waals surface area contributed by atoms with Crippen LogP contribution in [0.3, 0.4) is 0 Å². The molecule has 0 unspecified atom stereocenters. The summed E-state index contributed by atoms with van der Waals surface area (Å²) in [5.74, 6) is 1.01. The average molecular weight is 423 g/mol. The van der Waals surface area contributed by atoms with Crippen LogP contribution in [0.2, 0.25) is 0 Å². The molecule has 4 nitrogen and oxygen atoms in total. The van der Waals surface area contributed by atoms with Gasteiger partial charge in [0.15, 0.2) is 0 Å². The fraction of sp³-hybridized carbons (Fsp3) is 0.444. The summed E-state index contributed by atoms with van der Waals surface area (Å²) < 4.78 is 11.0. The number of hydrogen-bond donors (Lipinski definition) is 1. The molecule has 166 valence electrons. The number of aliphatic hydroxyl groups is 1. The van der Waals surface area contributed by atoms with E-state index < -0.39 is 0 Å². The van der Waals surface area contributed by atoms with Gasteiger partial charge in [-0.25, -0.2) is 4.79 Å². The maximum absolute atomic E-state index is 11.7. The van der Waals surface area contributed by atoms with E-state index in [-0.39, 0.29) is 25.8 Å². The Balaban J connectivity index is 1.81. The van der Waals surface area contributed by atoms with Gasteiger partial charge in [0.2, 0.25) is 0 Å². The quantitative estimate of drug-likeness (QED) is 0.413. The fourth-order valence-corrected chi connectivity index (χ4v) is 4.32. The zero-order valence-corrected chi connectivity index (χ0v) is 18.8. The third-order valence-electron chi connectivity index (χ3n) is 6.00. The molecule has 0 heterocycles. The normalized spacial score (nSPS) is 14.3. The summed E-state index contributed by atoms with van der Waals surface area (Å²) in [5, 5.41) is 9.13. The van der Waals surface area contributed by atoms with Crippen LogP contribution in [0.4, 0.5) is 0 Å². The fourth-order valence-electron chi connectivity index (χ4n) is 4.32. The van der Waals surface area contributed by atoms with Crippen molar-refractivity contribution < 1.29 is 19.4 Å². The van der Waals surface area contributed by atoms with Gasteiger partial charge in [-0.1, -0.05) is 50.1 Å². The van der Waals surface area contributed by atoms with E-state index in [1.807, 2.05) is 6.07 Å². The number of esters is 1. The molecule has 1 N–H and O–H groups in total. The lowest BCUT2D eigenvalue weighted by molar-refractivity contribution is -0.138. The first-order valence-corrected chi connectivity index (χ1v) is 11.3. The second-order valence-electron chi connectivity index (χ2n) is 8.47. The zero-order valence-electron chi connectivity index (χ0n) is 18.8. The Labute approximate surface area is 185 Å². The Morgan fingerprint density at radius 2 is 1.87 bits per heavy atom. The smallest absolute Gasteiger partial charge is 0.333 e. The van der Waals surface area contributed by atoms with Crippen molar-refractivity contribution in [2.75, 3.05) is 19.8 Å². The molecule has 0 atom stereocenters. The van der Waals surface area contributed by atoms with Gasteiger partial charge in [-0.3, -0.25) is 0 Å². The second-order valence-corrected chi connectivity index (χ2v) is 8.47. The van der Waals surface area contributed by atoms with Crippen molar-refractivity contribution in [1.29, 1.82) is 0 Å². The lowest BCUT2D eigenvalue weighted by atomic mass is 9.82. The van der Waals surface area contributed by atoms with Crippen molar-refractivity contribution in [3.05, 3.63) is 65.2 Å². The molecule has 1 aliphatic carbocycles. The van der Waals surface area contributed by atoms with Gasteiger partial charge < -0.3 is 14.6 Å². The lowest BCUT2D eigenvalue weighted by Crippen LogP contribution is -2.10. The highest BCUT2D eigenvalue weighted by Crippen LogP contribution is 2.36. The van der Waals surface area contributed by atoms with Gasteiger partial charge in [0, 0.05) is 12.0 Å². The first-order valence-electron chi connectivity index (χ1n) is 11.3. The molecular weight excluding hydrogens is 388 g/mol. The van der Waals surface area contributed by atoms with E-state index in [0.29, 0.717) is 23.7 Å². The number of benzene rings is 2. The largest absolute Gasteiger partial charge is 0.491 e. The molecular formula is C27H34O4. The van der Waals surface area contributed by atoms with Gasteiger partial charge >= 0.3 is 5.97 Å². The van der Waals surface area contributed by atoms with Gasteiger partial charge in [0.05, 0.1) is 13.2 Å². The van der Waals surface area contributed by atoms with Gasteiger partial charge in [-0.15, -0.1) is 0 Å². The summed E-state index contributed by atoms with van der Waals surface area (Å²) in [6.45, 7) is 7.86. The van der Waals surface area contributed by atoms with Crippen molar-refractivity contribution in [3.63, 3.8) is 0 Å². The minimum Gasteiger partial charge on any atom is -0.491 e. The maximum atomic E-state index is 11.7. The molecule has 31 heavy (non-hydrogen) atoms. The molecule has 3 rings (SSSR count). The highest BCUT2D eigenvalue weighted by Gasteiger charge is 2.17. The molecule has 1 saturated carbocycles. The van der Waals surface area contributed by atoms with Gasteiger partial charge in [-0.05, 0) is 72.6 Å². The van der Waals surface area contributed by atoms with Crippen LogP contribution in [0.5, 0.6) is 5.75 Å². The van der Waals surface area contributed by atoms with Crippen LogP contribution in [0, 0.1) is 6.92 Å². The predicted octanol–water partition coefficient (Wildman–Crippen LogP) is 5.74. The molecule has 1 fully saturated rings. The maximum Gasteiger partial charge on any atom is 0.333 e. The van der Waals surface area contributed by atoms with E-state index in [4.69, 9.17) is 14.6 Å². The summed E-state index contributed by atoms with van der Waals surface area (Å²) in [6, 6.07) is 12.9. The molecule has 1 aliphatic rings. The van der Waals surface area contributed by atoms with Crippen LogP contribution in [-0.2, 0) is 16.0 Å². The van der Waals surface area contributed by atoms with Crippen LogP contribution >= 0.6 is 0 Å². The molecule has 0 radical (unpaired) electrons. The minimum atomic E-state index is -0.386. The van der Waals surface area contributed by atoms with Crippen LogP contribution < -0.4 is 4.74 Å². The number of carbonyl (C=O) groups is 1. The standard InChI is InChI=1S/C27H34O4/c1-19(2)27(29)31-15-13-24-18-23(10-12-26(24)30-16-14-28)25-11-9-22(17-20(25)3)21-7-5-4-6-8-21/h9-12,17-18,21,28H,1,4-8,13-16H2,2-3H3. The van der Waals surface area contributed by atoms with Gasteiger partial charge in [-0.2, -0.15) is 0 Å². The third-order valence-corrected chi connectivity index (χ3v) is 6.00. The third kappa shape index (κ3) is 6.20. The van der Waals surface area contributed by atoms with Crippen molar-refractivity contribution in [2.24, 2.45) is 0 Å². The SMILES string of the molecule is C=C(C)C(=O)OCCc1cc(-c2ccc(C3CCCCC3)cc2C)ccc1OCCO. The minimum absolute atomic E-state index is 0.0480. The summed E-state index contributed by atoms with van der Waals surface area (Å²) in [6.07, 6.45) is 7.15. The van der Waals surface area contributed by atoms with Crippen molar-refractivity contribution in [3.8, 4) is 16.9 Å². The predicted molar refractivity (Wildman–Crippen MR) is 124 cm³/mol.